The second-order valence-corrected chi connectivity index (χ2v) is 11.6. The van der Waals surface area contributed by atoms with Gasteiger partial charge in [0.25, 0.3) is 10.0 Å². The Labute approximate surface area is 280 Å². The van der Waals surface area contributed by atoms with Gasteiger partial charge in [0, 0.05) is 25.1 Å². The first-order valence-electron chi connectivity index (χ1n) is 9.75. The number of likely N-dealkylation sites (N-methyl/N-ethyl adjacent to an activating group) is 1. The van der Waals surface area contributed by atoms with Gasteiger partial charge >= 0.3 is 94.2 Å². The fraction of sp³-hybridized carbons (Fsp3) is 0.933. The second kappa shape index (κ2) is 16.0. The summed E-state index contributed by atoms with van der Waals surface area (Å²) < 4.78 is 225. The number of quaternary nitrogens is 1. The number of sulfonamides is 1. The Balaban J connectivity index is -0.00000241. The predicted molar refractivity (Wildman–Crippen MR) is 97.3 cm³/mol. The molecule has 0 aromatic heterocycles. The minimum atomic E-state index is -8.32. The van der Waals surface area contributed by atoms with E-state index in [1.807, 2.05) is 0 Å². The number of alkyl halides is 13. The molecule has 1 N–H and O–H groups in total. The summed E-state index contributed by atoms with van der Waals surface area (Å²) in [5.41, 5.74) is 0. The van der Waals surface area contributed by atoms with Crippen LogP contribution in [0.15, 0.2) is 0 Å². The maximum absolute atomic E-state index is 13.9. The predicted octanol–water partition coefficient (Wildman–Crippen LogP) is -7.86. The van der Waals surface area contributed by atoms with Crippen LogP contribution < -0.4 is 81.4 Å². The van der Waals surface area contributed by atoms with Gasteiger partial charge in [0.1, 0.15) is 6.54 Å². The Morgan fingerprint density at radius 2 is 1.12 bits per heavy atom. The Morgan fingerprint density at radius 1 is 0.738 bits per heavy atom. The van der Waals surface area contributed by atoms with Crippen molar-refractivity contribution in [3.63, 3.8) is 0 Å². The van der Waals surface area contributed by atoms with Crippen molar-refractivity contribution in [2.24, 2.45) is 0 Å². The van der Waals surface area contributed by atoms with Gasteiger partial charge in [-0.15, -0.1) is 0 Å². The monoisotopic (exact) mass is 730 g/mol. The van der Waals surface area contributed by atoms with Crippen molar-refractivity contribution in [1.29, 1.82) is 0 Å². The van der Waals surface area contributed by atoms with Crippen LogP contribution in [0.2, 0.25) is 0 Å². The van der Waals surface area contributed by atoms with Crippen LogP contribution in [0.25, 0.3) is 0 Å². The third-order valence-corrected chi connectivity index (χ3v) is 7.32. The molecule has 0 aliphatic rings. The first kappa shape index (κ1) is 49.5. The molecule has 1 atom stereocenters. The molecule has 0 heterocycles. The van der Waals surface area contributed by atoms with Crippen LogP contribution in [-0.4, -0.2) is 106 Å². The number of nitrogens with zero attached hydrogens (tertiary/aromatic N) is 1. The average Bonchev–Trinajstić information content (AvgIpc) is 2.68. The number of carbonyl (C=O) groups excluding carboxylic acids is 1. The summed E-state index contributed by atoms with van der Waals surface area (Å²) in [4.78, 5) is 10.9. The zero-order chi connectivity index (χ0) is 31.7. The summed E-state index contributed by atoms with van der Waals surface area (Å²) >= 11 is 0. The van der Waals surface area contributed by atoms with Gasteiger partial charge in [-0.3, -0.25) is 0 Å². The molecule has 0 radical (unpaired) electrons. The average molecular weight is 731 g/mol. The molecule has 0 saturated carbocycles. The van der Waals surface area contributed by atoms with E-state index in [4.69, 9.17) is 0 Å². The van der Waals surface area contributed by atoms with Crippen LogP contribution >= 0.6 is 0 Å². The first-order valence-corrected chi connectivity index (χ1v) is 12.8. The topological polar surface area (TPSA) is 144 Å². The van der Waals surface area contributed by atoms with Gasteiger partial charge in [-0.25, -0.2) is 21.6 Å². The number of rotatable bonds is 16. The molecule has 9 nitrogen and oxygen atoms in total. The number of hydrogen-bond acceptors (Lipinski definition) is 7. The van der Waals surface area contributed by atoms with E-state index in [-0.39, 0.29) is 71.5 Å². The molecule has 0 spiro atoms. The van der Waals surface area contributed by atoms with Crippen molar-refractivity contribution in [2.75, 3.05) is 39.0 Å². The summed E-state index contributed by atoms with van der Waals surface area (Å²) in [5, 5.41) is 3.43. The van der Waals surface area contributed by atoms with Crippen molar-refractivity contribution in [1.82, 2.24) is 4.72 Å². The summed E-state index contributed by atoms with van der Waals surface area (Å²) in [5.74, 6) is -35.5. The van der Waals surface area contributed by atoms with Crippen LogP contribution in [-0.2, 0) is 24.9 Å². The van der Waals surface area contributed by atoms with Gasteiger partial charge in [-0.1, -0.05) is 0 Å². The molecule has 42 heavy (non-hydrogen) atoms. The van der Waals surface area contributed by atoms with Crippen molar-refractivity contribution < 1.29 is 164 Å². The summed E-state index contributed by atoms with van der Waals surface area (Å²) in [6.07, 6.45) is -9.03. The molecule has 0 saturated heterocycles. The molecular weight excluding hydrogens is 713 g/mol. The second-order valence-electron chi connectivity index (χ2n) is 8.28. The van der Waals surface area contributed by atoms with E-state index in [1.165, 1.54) is 0 Å². The quantitative estimate of drug-likeness (QED) is 0.0547. The molecule has 0 fully saturated rings. The summed E-state index contributed by atoms with van der Waals surface area (Å²) in [7, 11) is -11.0. The van der Waals surface area contributed by atoms with Crippen LogP contribution in [0.4, 0.5) is 57.1 Å². The van der Waals surface area contributed by atoms with E-state index in [2.05, 4.69) is 0 Å². The van der Waals surface area contributed by atoms with E-state index in [1.54, 1.807) is 0 Å². The molecule has 0 bridgehead atoms. The zero-order valence-corrected chi connectivity index (χ0v) is 27.8. The van der Waals surface area contributed by atoms with Gasteiger partial charge in [0.15, 0.2) is 0 Å². The number of carboxylic acid groups (broad SMARTS) is 1. The molecule has 242 valence electrons. The molecule has 0 aliphatic heterocycles. The van der Waals surface area contributed by atoms with Gasteiger partial charge in [-0.05, 0) is 0 Å². The molecule has 0 aliphatic carbocycles. The van der Waals surface area contributed by atoms with Crippen molar-refractivity contribution in [2.45, 2.75) is 48.0 Å². The number of hydrogen-bond donors (Lipinski definition) is 1. The third kappa shape index (κ3) is 10.9. The zero-order valence-electron chi connectivity index (χ0n) is 21.4. The van der Waals surface area contributed by atoms with Crippen LogP contribution in [0.5, 0.6) is 0 Å². The van der Waals surface area contributed by atoms with E-state index < -0.39 is 110 Å². The van der Waals surface area contributed by atoms with E-state index in [0.29, 0.717) is 4.72 Å². The fourth-order valence-corrected chi connectivity index (χ4v) is 4.43. The van der Waals surface area contributed by atoms with Gasteiger partial charge in [0.05, 0.1) is 36.2 Å². The van der Waals surface area contributed by atoms with Crippen LogP contribution in [0.1, 0.15) is 12.8 Å². The third-order valence-electron chi connectivity index (χ3n) is 5.01. The standard InChI is InChI=1S/C15H19F13N2O7S2.ClH.2Na/c1-30(8-9(31)32,6-3-7-38(33,34)35)5-2-4-29-39(36,37)15(27,28)13(22,23)11(18,19)10(16,17)12(20,21)14(24,25)26;;;/h29H,2-8H2,1H3,(H-,31,32,33,34,35);1H;;/q;;2*+1/p-2. The smallest absolute Gasteiger partial charge is 1.00 e. The van der Waals surface area contributed by atoms with Gasteiger partial charge in [-0.2, -0.15) is 57.1 Å². The molecule has 1 unspecified atom stereocenters. The molecule has 0 rings (SSSR count). The van der Waals surface area contributed by atoms with Crippen LogP contribution in [0.3, 0.4) is 0 Å². The molecule has 0 aromatic rings. The molecule has 0 amide bonds. The Morgan fingerprint density at radius 3 is 1.48 bits per heavy atom. The van der Waals surface area contributed by atoms with Crippen molar-refractivity contribution in [3.8, 4) is 0 Å². The maximum atomic E-state index is 13.9. The summed E-state index contributed by atoms with van der Waals surface area (Å²) in [6.45, 7) is -3.57. The molecular formula is C15H18ClF13N2Na2O7S2. The minimum Gasteiger partial charge on any atom is -1.00 e. The van der Waals surface area contributed by atoms with E-state index in [0.717, 1.165) is 7.05 Å². The van der Waals surface area contributed by atoms with Gasteiger partial charge < -0.3 is 31.3 Å². The number of aliphatic carboxylic acids is 1. The number of carbonyl (C=O) groups is 1. The Hall–Kier alpha value is 0.630. The SMILES string of the molecule is C[N+](CCCNS(=O)(=O)C(F)(F)C(F)(F)C(F)(F)C(F)(F)C(F)(F)C(F)(F)F)(CCCS(=O)(=O)[O-])CC(=O)[O-].[Cl-].[Na+].[Na+]. The minimum absolute atomic E-state index is 0. The van der Waals surface area contributed by atoms with Gasteiger partial charge in [0.2, 0.25) is 0 Å². The Bertz CT molecular complexity index is 1110. The van der Waals surface area contributed by atoms with Crippen LogP contribution in [0, 0.1) is 0 Å². The Kier molecular flexibility index (Phi) is 18.8. The fourth-order valence-electron chi connectivity index (χ4n) is 2.89. The molecule has 0 aromatic carbocycles. The number of carboxylic acids is 1. The van der Waals surface area contributed by atoms with E-state index >= 15 is 0 Å². The maximum Gasteiger partial charge on any atom is 1.00 e. The van der Waals surface area contributed by atoms with E-state index in [9.17, 15) is 88.4 Å². The van der Waals surface area contributed by atoms with Crippen molar-refractivity contribution in [3.05, 3.63) is 0 Å². The number of nitrogens with one attached hydrogen (secondary N) is 1. The number of halogens is 14. The summed E-state index contributed by atoms with van der Waals surface area (Å²) in [6, 6.07) is 0. The molecule has 27 heteroatoms. The van der Waals surface area contributed by atoms with Crippen molar-refractivity contribution >= 4 is 26.1 Å². The normalized spacial score (nSPS) is 15.5. The largest absolute Gasteiger partial charge is 1.00 e. The first-order chi connectivity index (χ1) is 16.8.